The van der Waals surface area contributed by atoms with Crippen LogP contribution in [0.4, 0.5) is 5.69 Å². The van der Waals surface area contributed by atoms with E-state index in [1.807, 2.05) is 24.3 Å². The number of carbonyl (C=O) groups is 2. The van der Waals surface area contributed by atoms with Crippen LogP contribution in [0.15, 0.2) is 48.5 Å². The molecule has 31 heavy (non-hydrogen) atoms. The standard InChI is InChI=1S/C25H31N3O3/c1-2-3-13-28-14-11-20(12-15-28)26-24(29)19-8-6-9-21(16-19)27-25(30)23-17-18-7-4-5-10-22(18)31-23/h4-10,16,20,23H,2-3,11-15,17H2,1H3,(H,26,29)(H,27,30). The molecule has 6 heteroatoms. The number of carbonyl (C=O) groups excluding carboxylic acids is 2. The minimum Gasteiger partial charge on any atom is -0.480 e. The van der Waals surface area contributed by atoms with E-state index in [-0.39, 0.29) is 17.9 Å². The van der Waals surface area contributed by atoms with Gasteiger partial charge in [0.1, 0.15) is 5.75 Å². The molecule has 2 aliphatic heterocycles. The van der Waals surface area contributed by atoms with Crippen molar-refractivity contribution in [2.75, 3.05) is 25.0 Å². The maximum Gasteiger partial charge on any atom is 0.265 e. The van der Waals surface area contributed by atoms with Gasteiger partial charge < -0.3 is 20.3 Å². The van der Waals surface area contributed by atoms with E-state index in [0.29, 0.717) is 17.7 Å². The van der Waals surface area contributed by atoms with Crippen molar-refractivity contribution < 1.29 is 14.3 Å². The van der Waals surface area contributed by atoms with E-state index in [1.165, 1.54) is 12.8 Å². The van der Waals surface area contributed by atoms with Gasteiger partial charge in [-0.1, -0.05) is 37.6 Å². The molecule has 0 spiro atoms. The van der Waals surface area contributed by atoms with Gasteiger partial charge in [-0.15, -0.1) is 0 Å². The molecule has 2 N–H and O–H groups in total. The van der Waals surface area contributed by atoms with Gasteiger partial charge in [0.25, 0.3) is 11.8 Å². The Morgan fingerprint density at radius 2 is 1.90 bits per heavy atom. The summed E-state index contributed by atoms with van der Waals surface area (Å²) in [5.74, 6) is 0.470. The maximum absolute atomic E-state index is 12.7. The van der Waals surface area contributed by atoms with Crippen molar-refractivity contribution in [1.29, 1.82) is 0 Å². The Hall–Kier alpha value is -2.86. The number of amides is 2. The van der Waals surface area contributed by atoms with Crippen molar-refractivity contribution in [3.63, 3.8) is 0 Å². The van der Waals surface area contributed by atoms with Crippen LogP contribution in [0, 0.1) is 0 Å². The molecule has 0 saturated carbocycles. The number of benzene rings is 2. The Morgan fingerprint density at radius 1 is 1.10 bits per heavy atom. The third-order valence-electron chi connectivity index (χ3n) is 6.08. The monoisotopic (exact) mass is 421 g/mol. The molecule has 2 amide bonds. The van der Waals surface area contributed by atoms with Gasteiger partial charge in [-0.25, -0.2) is 0 Å². The van der Waals surface area contributed by atoms with Crippen molar-refractivity contribution in [2.45, 2.75) is 51.2 Å². The van der Waals surface area contributed by atoms with Gasteiger partial charge in [-0.3, -0.25) is 9.59 Å². The molecular formula is C25H31N3O3. The molecule has 1 saturated heterocycles. The second kappa shape index (κ2) is 9.96. The average molecular weight is 422 g/mol. The third-order valence-corrected chi connectivity index (χ3v) is 6.08. The lowest BCUT2D eigenvalue weighted by Gasteiger charge is -2.32. The Kier molecular flexibility index (Phi) is 6.87. The first-order valence-corrected chi connectivity index (χ1v) is 11.3. The van der Waals surface area contributed by atoms with Crippen LogP contribution >= 0.6 is 0 Å². The third kappa shape index (κ3) is 5.44. The van der Waals surface area contributed by atoms with Crippen LogP contribution in [0.2, 0.25) is 0 Å². The first kappa shape index (κ1) is 21.4. The van der Waals surface area contributed by atoms with Gasteiger partial charge in [-0.05, 0) is 55.6 Å². The molecule has 2 heterocycles. The number of ether oxygens (including phenoxy) is 1. The first-order chi connectivity index (χ1) is 15.1. The molecular weight excluding hydrogens is 390 g/mol. The van der Waals surface area contributed by atoms with Gasteiger partial charge in [0.05, 0.1) is 0 Å². The number of anilines is 1. The van der Waals surface area contributed by atoms with Gasteiger partial charge >= 0.3 is 0 Å². The highest BCUT2D eigenvalue weighted by Crippen LogP contribution is 2.28. The quantitative estimate of drug-likeness (QED) is 0.716. The predicted octanol–water partition coefficient (Wildman–Crippen LogP) is 3.62. The molecule has 2 aliphatic rings. The maximum atomic E-state index is 12.7. The lowest BCUT2D eigenvalue weighted by molar-refractivity contribution is -0.122. The van der Waals surface area contributed by atoms with Crippen molar-refractivity contribution in [3.8, 4) is 5.75 Å². The Bertz CT molecular complexity index is 897. The summed E-state index contributed by atoms with van der Waals surface area (Å²) in [7, 11) is 0. The molecule has 2 aromatic rings. The van der Waals surface area contributed by atoms with Gasteiger partial charge in [0.2, 0.25) is 0 Å². The Morgan fingerprint density at radius 3 is 2.68 bits per heavy atom. The first-order valence-electron chi connectivity index (χ1n) is 11.3. The summed E-state index contributed by atoms with van der Waals surface area (Å²) in [5.41, 5.74) is 2.20. The van der Waals surface area contributed by atoms with Crippen molar-refractivity contribution in [1.82, 2.24) is 10.2 Å². The number of para-hydroxylation sites is 1. The minimum atomic E-state index is -0.548. The minimum absolute atomic E-state index is 0.0902. The summed E-state index contributed by atoms with van der Waals surface area (Å²) < 4.78 is 5.76. The van der Waals surface area contributed by atoms with E-state index in [1.54, 1.807) is 24.3 Å². The fourth-order valence-corrected chi connectivity index (χ4v) is 4.24. The number of nitrogens with zero attached hydrogens (tertiary/aromatic N) is 1. The van der Waals surface area contributed by atoms with Gasteiger partial charge in [0.15, 0.2) is 6.10 Å². The fourth-order valence-electron chi connectivity index (χ4n) is 4.24. The molecule has 2 aromatic carbocycles. The molecule has 0 radical (unpaired) electrons. The summed E-state index contributed by atoms with van der Waals surface area (Å²) in [4.78, 5) is 27.9. The molecule has 0 aromatic heterocycles. The zero-order valence-corrected chi connectivity index (χ0v) is 18.1. The second-order valence-electron chi connectivity index (χ2n) is 8.43. The number of piperidine rings is 1. The van der Waals surface area contributed by atoms with Crippen molar-refractivity contribution >= 4 is 17.5 Å². The number of likely N-dealkylation sites (tertiary alicyclic amines) is 1. The zero-order valence-electron chi connectivity index (χ0n) is 18.1. The van der Waals surface area contributed by atoms with Crippen molar-refractivity contribution in [3.05, 3.63) is 59.7 Å². The average Bonchev–Trinajstić information content (AvgIpc) is 3.23. The lowest BCUT2D eigenvalue weighted by atomic mass is 10.0. The van der Waals surface area contributed by atoms with Crippen LogP contribution in [0.1, 0.15) is 48.5 Å². The highest BCUT2D eigenvalue weighted by Gasteiger charge is 2.29. The number of nitrogens with one attached hydrogen (secondary N) is 2. The summed E-state index contributed by atoms with van der Waals surface area (Å²) in [6, 6.07) is 15.0. The van der Waals surface area contributed by atoms with Gasteiger partial charge in [-0.2, -0.15) is 0 Å². The van der Waals surface area contributed by atoms with E-state index >= 15 is 0 Å². The molecule has 1 unspecified atom stereocenters. The summed E-state index contributed by atoms with van der Waals surface area (Å²) >= 11 is 0. The van der Waals surface area contributed by atoms with E-state index < -0.39 is 6.10 Å². The molecule has 1 atom stereocenters. The highest BCUT2D eigenvalue weighted by atomic mass is 16.5. The van der Waals surface area contributed by atoms with Crippen LogP contribution < -0.4 is 15.4 Å². The summed E-state index contributed by atoms with van der Waals surface area (Å²) in [6.45, 7) is 5.42. The van der Waals surface area contributed by atoms with Crippen molar-refractivity contribution in [2.24, 2.45) is 0 Å². The number of hydrogen-bond acceptors (Lipinski definition) is 4. The number of rotatable bonds is 7. The number of unbranched alkanes of at least 4 members (excludes halogenated alkanes) is 1. The SMILES string of the molecule is CCCCN1CCC(NC(=O)c2cccc(NC(=O)C3Cc4ccccc4O3)c2)CC1. The summed E-state index contributed by atoms with van der Waals surface area (Å²) in [5, 5.41) is 6.05. The molecule has 1 fully saturated rings. The largest absolute Gasteiger partial charge is 0.480 e. The Balaban J connectivity index is 1.29. The van der Waals surface area contributed by atoms with E-state index in [2.05, 4.69) is 22.5 Å². The topological polar surface area (TPSA) is 70.7 Å². The van der Waals surface area contributed by atoms with Crippen LogP contribution in [0.3, 0.4) is 0 Å². The van der Waals surface area contributed by atoms with Crippen LogP contribution in [0.25, 0.3) is 0 Å². The van der Waals surface area contributed by atoms with Crippen LogP contribution in [-0.4, -0.2) is 48.5 Å². The molecule has 4 rings (SSSR count). The highest BCUT2D eigenvalue weighted by molar-refractivity contribution is 5.98. The zero-order chi connectivity index (χ0) is 21.6. The van der Waals surface area contributed by atoms with E-state index in [4.69, 9.17) is 4.74 Å². The van der Waals surface area contributed by atoms with Crippen LogP contribution in [0.5, 0.6) is 5.75 Å². The van der Waals surface area contributed by atoms with E-state index in [0.717, 1.165) is 43.8 Å². The van der Waals surface area contributed by atoms with E-state index in [9.17, 15) is 9.59 Å². The fraction of sp³-hybridized carbons (Fsp3) is 0.440. The molecule has 0 aliphatic carbocycles. The number of fused-ring (bicyclic) bond motifs is 1. The normalized spacial score (nSPS) is 18.8. The predicted molar refractivity (Wildman–Crippen MR) is 121 cm³/mol. The van der Waals surface area contributed by atoms with Gasteiger partial charge in [0, 0.05) is 36.8 Å². The number of hydrogen-bond donors (Lipinski definition) is 2. The van der Waals surface area contributed by atoms with Crippen LogP contribution in [-0.2, 0) is 11.2 Å². The molecule has 6 nitrogen and oxygen atoms in total. The Labute approximate surface area is 184 Å². The second-order valence-corrected chi connectivity index (χ2v) is 8.43. The molecule has 0 bridgehead atoms. The lowest BCUT2D eigenvalue weighted by Crippen LogP contribution is -2.44. The summed E-state index contributed by atoms with van der Waals surface area (Å²) in [6.07, 6.45) is 4.40. The molecule has 164 valence electrons. The smallest absolute Gasteiger partial charge is 0.265 e.